The van der Waals surface area contributed by atoms with E-state index in [1.54, 1.807) is 0 Å². The Hall–Kier alpha value is -2.93. The number of carbonyl (C=O) groups is 1. The van der Waals surface area contributed by atoms with Gasteiger partial charge in [-0.05, 0) is 29.8 Å². The van der Waals surface area contributed by atoms with Crippen molar-refractivity contribution in [2.24, 2.45) is 4.99 Å². The normalized spacial score (nSPS) is 10.8. The van der Waals surface area contributed by atoms with E-state index in [2.05, 4.69) is 4.99 Å². The summed E-state index contributed by atoms with van der Waals surface area (Å²) in [7, 11) is 0. The Kier molecular flexibility index (Phi) is 4.92. The molecule has 0 amide bonds. The molecule has 0 heterocycles. The zero-order valence-corrected chi connectivity index (χ0v) is 12.4. The van der Waals surface area contributed by atoms with E-state index in [4.69, 9.17) is 11.6 Å². The third-order valence-electron chi connectivity index (χ3n) is 2.94. The first-order chi connectivity index (χ1) is 10.9. The molecule has 7 nitrogen and oxygen atoms in total. The molecule has 0 atom stereocenters. The highest BCUT2D eigenvalue weighted by Crippen LogP contribution is 2.25. The number of carbonyl (C=O) groups excluding carboxylic acids is 1. The monoisotopic (exact) mass is 334 g/mol. The molecule has 8 heteroatoms. The van der Waals surface area contributed by atoms with E-state index in [0.717, 1.165) is 6.07 Å². The Labute approximate surface area is 135 Å². The molecule has 0 aliphatic heterocycles. The molecule has 2 N–H and O–H groups in total. The topological polar surface area (TPSA) is 113 Å². The van der Waals surface area contributed by atoms with Crippen molar-refractivity contribution in [2.45, 2.75) is 0 Å². The number of phenols is 2. The number of nitro groups is 1. The van der Waals surface area contributed by atoms with E-state index in [-0.39, 0.29) is 34.4 Å². The second-order valence-electron chi connectivity index (χ2n) is 4.56. The zero-order valence-electron chi connectivity index (χ0n) is 11.6. The molecule has 0 saturated heterocycles. The van der Waals surface area contributed by atoms with E-state index < -0.39 is 10.7 Å². The Morgan fingerprint density at radius 2 is 1.96 bits per heavy atom. The van der Waals surface area contributed by atoms with E-state index >= 15 is 0 Å². The van der Waals surface area contributed by atoms with Crippen LogP contribution in [0, 0.1) is 10.1 Å². The fourth-order valence-corrected chi connectivity index (χ4v) is 1.96. The highest BCUT2D eigenvalue weighted by molar-refractivity contribution is 6.32. The second kappa shape index (κ2) is 6.89. The summed E-state index contributed by atoms with van der Waals surface area (Å²) in [6.07, 6.45) is 1.32. The minimum atomic E-state index is -0.607. The van der Waals surface area contributed by atoms with Crippen molar-refractivity contribution in [3.05, 3.63) is 62.7 Å². The summed E-state index contributed by atoms with van der Waals surface area (Å²) in [6, 6.07) is 7.87. The van der Waals surface area contributed by atoms with Gasteiger partial charge < -0.3 is 10.2 Å². The van der Waals surface area contributed by atoms with Gasteiger partial charge in [0, 0.05) is 17.8 Å². The third-order valence-corrected chi connectivity index (χ3v) is 3.26. The number of ketones is 1. The predicted octanol–water partition coefficient (Wildman–Crippen LogP) is 2.96. The van der Waals surface area contributed by atoms with Crippen LogP contribution in [0.4, 0.5) is 5.69 Å². The summed E-state index contributed by atoms with van der Waals surface area (Å²) in [4.78, 5) is 26.0. The van der Waals surface area contributed by atoms with Crippen LogP contribution in [0.25, 0.3) is 0 Å². The van der Waals surface area contributed by atoms with Gasteiger partial charge in [0.25, 0.3) is 5.69 Å². The molecule has 23 heavy (non-hydrogen) atoms. The van der Waals surface area contributed by atoms with Crippen LogP contribution in [0.5, 0.6) is 11.5 Å². The molecule has 0 spiro atoms. The Balaban J connectivity index is 2.09. The number of nitrogens with zero attached hydrogens (tertiary/aromatic N) is 2. The quantitative estimate of drug-likeness (QED) is 0.287. The van der Waals surface area contributed by atoms with Gasteiger partial charge in [0.1, 0.15) is 11.6 Å². The van der Waals surface area contributed by atoms with Crippen molar-refractivity contribution >= 4 is 29.3 Å². The van der Waals surface area contributed by atoms with Crippen LogP contribution < -0.4 is 0 Å². The largest absolute Gasteiger partial charge is 0.504 e. The highest BCUT2D eigenvalue weighted by atomic mass is 35.5. The van der Waals surface area contributed by atoms with E-state index in [1.165, 1.54) is 36.5 Å². The van der Waals surface area contributed by atoms with Crippen LogP contribution in [0.3, 0.4) is 0 Å². The maximum atomic E-state index is 11.9. The minimum absolute atomic E-state index is 0.0165. The van der Waals surface area contributed by atoms with Crippen LogP contribution in [0.1, 0.15) is 15.9 Å². The number of hydrogen-bond acceptors (Lipinski definition) is 6. The second-order valence-corrected chi connectivity index (χ2v) is 4.97. The van der Waals surface area contributed by atoms with Crippen molar-refractivity contribution in [1.29, 1.82) is 0 Å². The number of phenolic OH excluding ortho intramolecular Hbond substituents is 2. The molecule has 0 radical (unpaired) electrons. The van der Waals surface area contributed by atoms with Crippen molar-refractivity contribution < 1.29 is 19.9 Å². The number of benzene rings is 2. The third kappa shape index (κ3) is 4.04. The standard InChI is InChI=1S/C15H11ClN2O5/c16-11-3-1-9(5-12(11)18(22)23)7-17-8-15(21)10-2-4-13(19)14(20)6-10/h1-7,19-20H,8H2. The molecule has 118 valence electrons. The van der Waals surface area contributed by atoms with Gasteiger partial charge in [-0.25, -0.2) is 0 Å². The van der Waals surface area contributed by atoms with E-state index in [0.29, 0.717) is 5.56 Å². The molecule has 0 aromatic heterocycles. The summed E-state index contributed by atoms with van der Waals surface area (Å²) in [5.74, 6) is -1.09. The van der Waals surface area contributed by atoms with Gasteiger partial charge in [0.05, 0.1) is 4.92 Å². The first kappa shape index (κ1) is 16.4. The molecule has 0 fully saturated rings. The molecular formula is C15H11ClN2O5. The summed E-state index contributed by atoms with van der Waals surface area (Å²) in [5, 5.41) is 29.3. The van der Waals surface area contributed by atoms with E-state index in [1.807, 2.05) is 0 Å². The maximum Gasteiger partial charge on any atom is 0.288 e. The minimum Gasteiger partial charge on any atom is -0.504 e. The lowest BCUT2D eigenvalue weighted by molar-refractivity contribution is -0.384. The number of aromatic hydroxyl groups is 2. The van der Waals surface area contributed by atoms with Gasteiger partial charge in [0.15, 0.2) is 17.3 Å². The summed E-state index contributed by atoms with van der Waals surface area (Å²) in [6.45, 7) is -0.208. The molecular weight excluding hydrogens is 324 g/mol. The first-order valence-corrected chi connectivity index (χ1v) is 6.75. The lowest BCUT2D eigenvalue weighted by atomic mass is 10.1. The number of nitro benzene ring substituents is 1. The molecule has 0 saturated carbocycles. The molecule has 0 unspecified atom stereocenters. The SMILES string of the molecule is O=C(CN=Cc1ccc(Cl)c([N+](=O)[O-])c1)c1ccc(O)c(O)c1. The van der Waals surface area contributed by atoms with Crippen LogP contribution in [0.2, 0.25) is 5.02 Å². The van der Waals surface area contributed by atoms with Gasteiger partial charge in [-0.15, -0.1) is 0 Å². The predicted molar refractivity (Wildman–Crippen MR) is 84.7 cm³/mol. The number of halogens is 1. The van der Waals surface area contributed by atoms with Gasteiger partial charge >= 0.3 is 0 Å². The van der Waals surface area contributed by atoms with Crippen LogP contribution in [-0.2, 0) is 0 Å². The molecule has 0 bridgehead atoms. The summed E-state index contributed by atoms with van der Waals surface area (Å²) in [5.41, 5.74) is 0.382. The average Bonchev–Trinajstić information content (AvgIpc) is 2.51. The lowest BCUT2D eigenvalue weighted by Crippen LogP contribution is -2.03. The number of Topliss-reactive ketones (excluding diaryl/α,β-unsaturated/α-hetero) is 1. The van der Waals surface area contributed by atoms with Gasteiger partial charge in [-0.1, -0.05) is 17.7 Å². The van der Waals surface area contributed by atoms with Gasteiger partial charge in [-0.2, -0.15) is 0 Å². The lowest BCUT2D eigenvalue weighted by Gasteiger charge is -2.01. The van der Waals surface area contributed by atoms with Crippen LogP contribution in [-0.4, -0.2) is 33.7 Å². The zero-order chi connectivity index (χ0) is 17.0. The maximum absolute atomic E-state index is 11.9. The van der Waals surface area contributed by atoms with Crippen LogP contribution in [0.15, 0.2) is 41.4 Å². The molecule has 0 aliphatic rings. The average molecular weight is 335 g/mol. The summed E-state index contributed by atoms with van der Waals surface area (Å²) >= 11 is 5.70. The van der Waals surface area contributed by atoms with Gasteiger partial charge in [0.2, 0.25) is 0 Å². The fraction of sp³-hybridized carbons (Fsp3) is 0.0667. The molecule has 2 aromatic carbocycles. The molecule has 0 aliphatic carbocycles. The smallest absolute Gasteiger partial charge is 0.288 e. The number of aliphatic imine (C=N–C) groups is 1. The highest BCUT2D eigenvalue weighted by Gasteiger charge is 2.12. The van der Waals surface area contributed by atoms with Crippen molar-refractivity contribution in [3.63, 3.8) is 0 Å². The van der Waals surface area contributed by atoms with Crippen molar-refractivity contribution in [3.8, 4) is 11.5 Å². The van der Waals surface area contributed by atoms with Crippen molar-refractivity contribution in [1.82, 2.24) is 0 Å². The molecule has 2 rings (SSSR count). The van der Waals surface area contributed by atoms with Crippen LogP contribution >= 0.6 is 11.6 Å². The first-order valence-electron chi connectivity index (χ1n) is 6.37. The molecule has 2 aromatic rings. The van der Waals surface area contributed by atoms with Gasteiger partial charge in [-0.3, -0.25) is 19.9 Å². The van der Waals surface area contributed by atoms with E-state index in [9.17, 15) is 25.1 Å². The fourth-order valence-electron chi connectivity index (χ4n) is 1.77. The number of hydrogen-bond donors (Lipinski definition) is 2. The Morgan fingerprint density at radius 1 is 1.22 bits per heavy atom. The summed E-state index contributed by atoms with van der Waals surface area (Å²) < 4.78 is 0. The van der Waals surface area contributed by atoms with Crippen molar-refractivity contribution in [2.75, 3.05) is 6.54 Å². The Bertz CT molecular complexity index is 804. The number of rotatable bonds is 5. The Morgan fingerprint density at radius 3 is 2.61 bits per heavy atom.